The second-order valence-electron chi connectivity index (χ2n) is 6.41. The number of carbonyl (C=O) groups is 1. The van der Waals surface area contributed by atoms with Crippen LogP contribution in [0.1, 0.15) is 15.9 Å². The molecule has 0 unspecified atom stereocenters. The summed E-state index contributed by atoms with van der Waals surface area (Å²) in [5, 5.41) is 1.67. The van der Waals surface area contributed by atoms with Crippen LogP contribution < -0.4 is 5.73 Å². The monoisotopic (exact) mass is 355 g/mol. The van der Waals surface area contributed by atoms with Crippen LogP contribution in [0.25, 0.3) is 33.1 Å². The summed E-state index contributed by atoms with van der Waals surface area (Å²) in [6.45, 7) is 0.605. The van der Waals surface area contributed by atoms with Crippen molar-refractivity contribution in [3.8, 4) is 11.3 Å². The normalized spacial score (nSPS) is 11.4. The van der Waals surface area contributed by atoms with Crippen molar-refractivity contribution in [2.75, 3.05) is 0 Å². The van der Waals surface area contributed by atoms with Crippen molar-refractivity contribution >= 4 is 27.7 Å². The molecule has 0 bridgehead atoms. The number of primary amides is 1. The van der Waals surface area contributed by atoms with E-state index in [0.29, 0.717) is 12.1 Å². The lowest BCUT2D eigenvalue weighted by molar-refractivity contribution is 0.100. The Morgan fingerprint density at radius 2 is 2.04 bits per heavy atom. The van der Waals surface area contributed by atoms with Crippen molar-refractivity contribution in [1.29, 1.82) is 0 Å². The third kappa shape index (κ3) is 2.44. The number of carbonyl (C=O) groups excluding carboxylic acids is 1. The van der Waals surface area contributed by atoms with Gasteiger partial charge in [-0.25, -0.2) is 0 Å². The number of benzene rings is 2. The Morgan fingerprint density at radius 3 is 2.78 bits per heavy atom. The first-order valence-electron chi connectivity index (χ1n) is 8.54. The maximum Gasteiger partial charge on any atom is 0.249 e. The van der Waals surface area contributed by atoms with Crippen molar-refractivity contribution in [2.24, 2.45) is 5.73 Å². The molecule has 3 heterocycles. The number of hydrogen-bond donors (Lipinski definition) is 1. The van der Waals surface area contributed by atoms with Crippen LogP contribution in [0, 0.1) is 6.07 Å². The predicted octanol–water partition coefficient (Wildman–Crippen LogP) is 4.59. The number of nitrogens with two attached hydrogens (primary N) is 1. The minimum Gasteiger partial charge on any atom is -0.472 e. The van der Waals surface area contributed by atoms with Gasteiger partial charge in [-0.1, -0.05) is 6.07 Å². The van der Waals surface area contributed by atoms with Crippen LogP contribution in [0.15, 0.2) is 76.2 Å². The van der Waals surface area contributed by atoms with E-state index in [1.54, 1.807) is 24.9 Å². The number of fused-ring (bicyclic) bond motifs is 3. The van der Waals surface area contributed by atoms with E-state index in [1.807, 2.05) is 36.4 Å². The maximum absolute atomic E-state index is 12.0. The number of furan rings is 2. The van der Waals surface area contributed by atoms with Crippen LogP contribution in [0.2, 0.25) is 0 Å². The zero-order valence-corrected chi connectivity index (χ0v) is 14.3. The molecule has 2 aromatic carbocycles. The molecule has 5 aromatic rings. The van der Waals surface area contributed by atoms with Gasteiger partial charge in [-0.05, 0) is 48.5 Å². The van der Waals surface area contributed by atoms with Gasteiger partial charge >= 0.3 is 0 Å². The van der Waals surface area contributed by atoms with E-state index in [1.165, 1.54) is 0 Å². The van der Waals surface area contributed by atoms with Crippen molar-refractivity contribution in [2.45, 2.75) is 6.54 Å². The first kappa shape index (κ1) is 15.5. The Labute approximate surface area is 154 Å². The Bertz CT molecular complexity index is 1260. The van der Waals surface area contributed by atoms with Crippen molar-refractivity contribution in [3.63, 3.8) is 0 Å². The molecule has 0 aliphatic heterocycles. The van der Waals surface area contributed by atoms with E-state index in [9.17, 15) is 4.79 Å². The standard InChI is InChI=1S/C22H15N2O3/c23-22(25)17-3-1-4-18-21(17)16-7-6-15(20-5-2-9-27-20)11-19(16)24(18)12-14-8-10-26-13-14/h1-6,8-11,13H,12H2,(H2,23,25). The molecule has 0 saturated carbocycles. The second kappa shape index (κ2) is 5.92. The second-order valence-corrected chi connectivity index (χ2v) is 6.41. The predicted molar refractivity (Wildman–Crippen MR) is 102 cm³/mol. The van der Waals surface area contributed by atoms with Crippen molar-refractivity contribution in [3.05, 3.63) is 84.5 Å². The van der Waals surface area contributed by atoms with Crippen LogP contribution in [-0.2, 0) is 6.54 Å². The first-order valence-corrected chi connectivity index (χ1v) is 8.54. The summed E-state index contributed by atoms with van der Waals surface area (Å²) in [6.07, 6.45) is 5.01. The molecule has 5 heteroatoms. The Balaban J connectivity index is 1.85. The maximum atomic E-state index is 12.0. The Kier molecular flexibility index (Phi) is 3.40. The fourth-order valence-corrected chi connectivity index (χ4v) is 3.58. The summed E-state index contributed by atoms with van der Waals surface area (Å²) in [7, 11) is 0. The topological polar surface area (TPSA) is 74.3 Å². The van der Waals surface area contributed by atoms with Gasteiger partial charge in [0.2, 0.25) is 5.91 Å². The van der Waals surface area contributed by atoms with Gasteiger partial charge in [0, 0.05) is 27.5 Å². The summed E-state index contributed by atoms with van der Waals surface area (Å²) in [5.41, 5.74) is 9.95. The molecule has 0 aliphatic rings. The number of hydrogen-bond acceptors (Lipinski definition) is 3. The SMILES string of the molecule is NC(=O)c1cccc2c1c1[c]cc(-c3ccco3)cc1n2Cc1ccoc1. The summed E-state index contributed by atoms with van der Waals surface area (Å²) in [5.74, 6) is 0.315. The molecule has 5 rings (SSSR count). The lowest BCUT2D eigenvalue weighted by atomic mass is 10.0. The highest BCUT2D eigenvalue weighted by Gasteiger charge is 2.18. The molecule has 5 nitrogen and oxygen atoms in total. The minimum absolute atomic E-state index is 0.452. The largest absolute Gasteiger partial charge is 0.472 e. The van der Waals surface area contributed by atoms with Crippen LogP contribution in [0.5, 0.6) is 0 Å². The molecule has 0 spiro atoms. The molecule has 0 atom stereocenters. The van der Waals surface area contributed by atoms with Gasteiger partial charge in [-0.15, -0.1) is 0 Å². The van der Waals surface area contributed by atoms with Gasteiger partial charge in [-0.3, -0.25) is 4.79 Å². The molecule has 3 aromatic heterocycles. The molecule has 0 saturated heterocycles. The van der Waals surface area contributed by atoms with E-state index in [4.69, 9.17) is 14.6 Å². The molecule has 131 valence electrons. The molecule has 0 fully saturated rings. The molecule has 1 radical (unpaired) electrons. The highest BCUT2D eigenvalue weighted by Crippen LogP contribution is 2.34. The fourth-order valence-electron chi connectivity index (χ4n) is 3.58. The number of nitrogens with zero attached hydrogens (tertiary/aromatic N) is 1. The van der Waals surface area contributed by atoms with Gasteiger partial charge < -0.3 is 19.1 Å². The molecule has 2 N–H and O–H groups in total. The smallest absolute Gasteiger partial charge is 0.249 e. The third-order valence-corrected chi connectivity index (χ3v) is 4.79. The quantitative estimate of drug-likeness (QED) is 0.512. The highest BCUT2D eigenvalue weighted by molar-refractivity contribution is 6.18. The fraction of sp³-hybridized carbons (Fsp3) is 0.0455. The van der Waals surface area contributed by atoms with Gasteiger partial charge in [-0.2, -0.15) is 0 Å². The van der Waals surface area contributed by atoms with Crippen LogP contribution in [-0.4, -0.2) is 10.5 Å². The number of rotatable bonds is 4. The molecule has 0 aliphatic carbocycles. The summed E-state index contributed by atoms with van der Waals surface area (Å²) in [4.78, 5) is 12.0. The average molecular weight is 355 g/mol. The number of aromatic nitrogens is 1. The Hall–Kier alpha value is -3.73. The van der Waals surface area contributed by atoms with Gasteiger partial charge in [0.15, 0.2) is 0 Å². The van der Waals surface area contributed by atoms with E-state index in [0.717, 1.165) is 38.7 Å². The summed E-state index contributed by atoms with van der Waals surface area (Å²) in [6, 6.07) is 18.5. The number of amides is 1. The van der Waals surface area contributed by atoms with E-state index < -0.39 is 5.91 Å². The van der Waals surface area contributed by atoms with Crippen LogP contribution in [0.3, 0.4) is 0 Å². The summed E-state index contributed by atoms with van der Waals surface area (Å²) < 4.78 is 12.9. The zero-order chi connectivity index (χ0) is 18.4. The zero-order valence-electron chi connectivity index (χ0n) is 14.3. The molecular formula is C22H15N2O3. The Morgan fingerprint density at radius 1 is 1.11 bits per heavy atom. The minimum atomic E-state index is -0.452. The summed E-state index contributed by atoms with van der Waals surface area (Å²) >= 11 is 0. The highest BCUT2D eigenvalue weighted by atomic mass is 16.3. The van der Waals surface area contributed by atoms with E-state index in [-0.39, 0.29) is 0 Å². The third-order valence-electron chi connectivity index (χ3n) is 4.79. The van der Waals surface area contributed by atoms with E-state index in [2.05, 4.69) is 16.7 Å². The van der Waals surface area contributed by atoms with Gasteiger partial charge in [0.1, 0.15) is 5.76 Å². The van der Waals surface area contributed by atoms with Crippen LogP contribution in [0.4, 0.5) is 0 Å². The van der Waals surface area contributed by atoms with Crippen LogP contribution >= 0.6 is 0 Å². The van der Waals surface area contributed by atoms with Gasteiger partial charge in [0.25, 0.3) is 0 Å². The average Bonchev–Trinajstić information content (AvgIpc) is 3.43. The molecule has 27 heavy (non-hydrogen) atoms. The first-order chi connectivity index (χ1) is 13.2. The van der Waals surface area contributed by atoms with Crippen molar-refractivity contribution < 1.29 is 13.6 Å². The molecule has 1 amide bonds. The van der Waals surface area contributed by atoms with E-state index >= 15 is 0 Å². The van der Waals surface area contributed by atoms with Crippen molar-refractivity contribution in [1.82, 2.24) is 4.57 Å². The lowest BCUT2D eigenvalue weighted by Crippen LogP contribution is -2.11. The lowest BCUT2D eigenvalue weighted by Gasteiger charge is -2.07. The molecular weight excluding hydrogens is 340 g/mol. The van der Waals surface area contributed by atoms with Gasteiger partial charge in [0.05, 0.1) is 36.4 Å².